The lowest BCUT2D eigenvalue weighted by molar-refractivity contribution is -0.144. The standard InChI is InChI=1S/C14H24N2O3/c1-2-11(9-10-5-6-10)15-13(19)16-14(12(17)18)7-3-4-8-14/h10-11H,2-9H2,1H3,(H,17,18)(H2,15,16,19). The largest absolute Gasteiger partial charge is 0.480 e. The van der Waals surface area contributed by atoms with Crippen LogP contribution in [0.1, 0.15) is 58.3 Å². The Bertz CT molecular complexity index is 347. The van der Waals surface area contributed by atoms with Gasteiger partial charge in [-0.3, -0.25) is 0 Å². The molecular formula is C14H24N2O3. The van der Waals surface area contributed by atoms with Gasteiger partial charge in [0.1, 0.15) is 5.54 Å². The van der Waals surface area contributed by atoms with Gasteiger partial charge in [-0.15, -0.1) is 0 Å². The van der Waals surface area contributed by atoms with E-state index in [2.05, 4.69) is 17.6 Å². The highest BCUT2D eigenvalue weighted by Gasteiger charge is 2.42. The lowest BCUT2D eigenvalue weighted by Crippen LogP contribution is -2.56. The molecule has 5 heteroatoms. The van der Waals surface area contributed by atoms with E-state index in [1.807, 2.05) is 0 Å². The molecule has 2 saturated carbocycles. The summed E-state index contributed by atoms with van der Waals surface area (Å²) in [6.07, 6.45) is 7.24. The van der Waals surface area contributed by atoms with Crippen LogP contribution in [0.15, 0.2) is 0 Å². The Balaban J connectivity index is 1.86. The number of hydrogen-bond donors (Lipinski definition) is 3. The molecule has 2 fully saturated rings. The number of hydrogen-bond acceptors (Lipinski definition) is 2. The fourth-order valence-corrected chi connectivity index (χ4v) is 2.89. The minimum Gasteiger partial charge on any atom is -0.480 e. The Hall–Kier alpha value is -1.26. The van der Waals surface area contributed by atoms with Gasteiger partial charge in [-0.1, -0.05) is 32.6 Å². The monoisotopic (exact) mass is 268 g/mol. The molecule has 0 spiro atoms. The van der Waals surface area contributed by atoms with Crippen molar-refractivity contribution in [2.75, 3.05) is 0 Å². The second-order valence-electron chi connectivity index (χ2n) is 5.98. The molecule has 0 heterocycles. The molecule has 1 atom stereocenters. The van der Waals surface area contributed by atoms with Crippen LogP contribution in [0.25, 0.3) is 0 Å². The first-order chi connectivity index (χ1) is 9.05. The first kappa shape index (κ1) is 14.2. The van der Waals surface area contributed by atoms with Gasteiger partial charge in [-0.2, -0.15) is 0 Å². The molecule has 0 bridgehead atoms. The van der Waals surface area contributed by atoms with Gasteiger partial charge in [0.25, 0.3) is 0 Å². The molecule has 2 aliphatic carbocycles. The molecule has 2 rings (SSSR count). The number of amides is 2. The normalized spacial score (nSPS) is 22.8. The van der Waals surface area contributed by atoms with Crippen LogP contribution in [0.3, 0.4) is 0 Å². The van der Waals surface area contributed by atoms with E-state index in [0.29, 0.717) is 12.8 Å². The number of carboxylic acid groups (broad SMARTS) is 1. The van der Waals surface area contributed by atoms with Crippen molar-refractivity contribution in [1.29, 1.82) is 0 Å². The third kappa shape index (κ3) is 3.61. The quantitative estimate of drug-likeness (QED) is 0.691. The van der Waals surface area contributed by atoms with E-state index in [1.54, 1.807) is 0 Å². The first-order valence-corrected chi connectivity index (χ1v) is 7.38. The Labute approximate surface area is 114 Å². The molecule has 0 radical (unpaired) electrons. The van der Waals surface area contributed by atoms with E-state index in [9.17, 15) is 14.7 Å². The van der Waals surface area contributed by atoms with Crippen molar-refractivity contribution in [2.24, 2.45) is 5.92 Å². The van der Waals surface area contributed by atoms with Crippen molar-refractivity contribution in [1.82, 2.24) is 10.6 Å². The minimum atomic E-state index is -1.04. The van der Waals surface area contributed by atoms with Crippen molar-refractivity contribution >= 4 is 12.0 Å². The Morgan fingerprint density at radius 2 is 1.95 bits per heavy atom. The zero-order valence-electron chi connectivity index (χ0n) is 11.6. The van der Waals surface area contributed by atoms with Crippen LogP contribution in [-0.4, -0.2) is 28.7 Å². The van der Waals surface area contributed by atoms with Crippen LogP contribution in [0.4, 0.5) is 4.79 Å². The molecule has 0 aliphatic heterocycles. The molecule has 0 aromatic heterocycles. The molecule has 3 N–H and O–H groups in total. The Kier molecular flexibility index (Phi) is 4.32. The van der Waals surface area contributed by atoms with Crippen LogP contribution >= 0.6 is 0 Å². The molecule has 2 aliphatic rings. The van der Waals surface area contributed by atoms with Crippen LogP contribution in [0.5, 0.6) is 0 Å². The number of carboxylic acids is 1. The van der Waals surface area contributed by atoms with Gasteiger partial charge >= 0.3 is 12.0 Å². The van der Waals surface area contributed by atoms with Gasteiger partial charge in [-0.05, 0) is 31.6 Å². The van der Waals surface area contributed by atoms with Crippen molar-refractivity contribution < 1.29 is 14.7 Å². The average molecular weight is 268 g/mol. The Morgan fingerprint density at radius 3 is 2.42 bits per heavy atom. The number of rotatable bonds is 6. The topological polar surface area (TPSA) is 78.4 Å². The smallest absolute Gasteiger partial charge is 0.329 e. The number of nitrogens with one attached hydrogen (secondary N) is 2. The SMILES string of the molecule is CCC(CC1CC1)NC(=O)NC1(C(=O)O)CCCC1. The van der Waals surface area contributed by atoms with Crippen LogP contribution in [-0.2, 0) is 4.79 Å². The summed E-state index contributed by atoms with van der Waals surface area (Å²) >= 11 is 0. The second-order valence-corrected chi connectivity index (χ2v) is 5.98. The predicted molar refractivity (Wildman–Crippen MR) is 71.9 cm³/mol. The van der Waals surface area contributed by atoms with E-state index in [1.165, 1.54) is 12.8 Å². The molecule has 0 aromatic carbocycles. The molecule has 0 aromatic rings. The average Bonchev–Trinajstić information content (AvgIpc) is 3.05. The van der Waals surface area contributed by atoms with Crippen molar-refractivity contribution in [2.45, 2.75) is 69.9 Å². The summed E-state index contributed by atoms with van der Waals surface area (Å²) in [5.41, 5.74) is -1.04. The highest BCUT2D eigenvalue weighted by atomic mass is 16.4. The zero-order chi connectivity index (χ0) is 13.9. The minimum absolute atomic E-state index is 0.166. The van der Waals surface area contributed by atoms with Crippen LogP contribution in [0.2, 0.25) is 0 Å². The Morgan fingerprint density at radius 1 is 1.32 bits per heavy atom. The van der Waals surface area contributed by atoms with Gasteiger partial charge in [0.15, 0.2) is 0 Å². The van der Waals surface area contributed by atoms with Crippen LogP contribution in [0, 0.1) is 5.92 Å². The number of aliphatic carboxylic acids is 1. The highest BCUT2D eigenvalue weighted by Crippen LogP contribution is 2.34. The maximum Gasteiger partial charge on any atom is 0.329 e. The lowest BCUT2D eigenvalue weighted by atomic mass is 9.98. The molecule has 1 unspecified atom stereocenters. The number of carbonyl (C=O) groups is 2. The third-order valence-corrected chi connectivity index (χ3v) is 4.36. The van der Waals surface area contributed by atoms with E-state index >= 15 is 0 Å². The molecule has 0 saturated heterocycles. The summed E-state index contributed by atoms with van der Waals surface area (Å²) in [5.74, 6) is -0.152. The maximum absolute atomic E-state index is 12.0. The summed E-state index contributed by atoms with van der Waals surface area (Å²) in [4.78, 5) is 23.4. The fourth-order valence-electron chi connectivity index (χ4n) is 2.89. The first-order valence-electron chi connectivity index (χ1n) is 7.38. The summed E-state index contributed by atoms with van der Waals surface area (Å²) in [6, 6.07) is -0.156. The molecule has 19 heavy (non-hydrogen) atoms. The summed E-state index contributed by atoms with van der Waals surface area (Å²) in [6.45, 7) is 2.05. The van der Waals surface area contributed by atoms with Crippen molar-refractivity contribution in [3.05, 3.63) is 0 Å². The number of urea groups is 1. The summed E-state index contributed by atoms with van der Waals surface area (Å²) in [5, 5.41) is 14.9. The molecule has 2 amide bonds. The predicted octanol–water partition coefficient (Wildman–Crippen LogP) is 2.26. The summed E-state index contributed by atoms with van der Waals surface area (Å²) in [7, 11) is 0. The molecule has 5 nitrogen and oxygen atoms in total. The maximum atomic E-state index is 12.0. The van der Waals surface area contributed by atoms with Crippen molar-refractivity contribution in [3.63, 3.8) is 0 Å². The fraction of sp³-hybridized carbons (Fsp3) is 0.857. The van der Waals surface area contributed by atoms with Crippen molar-refractivity contribution in [3.8, 4) is 0 Å². The second kappa shape index (κ2) is 5.80. The highest BCUT2D eigenvalue weighted by molar-refractivity contribution is 5.86. The zero-order valence-corrected chi connectivity index (χ0v) is 11.6. The van der Waals surface area contributed by atoms with E-state index in [4.69, 9.17) is 0 Å². The lowest BCUT2D eigenvalue weighted by Gasteiger charge is -2.27. The van der Waals surface area contributed by atoms with Gasteiger partial charge in [0.2, 0.25) is 0 Å². The summed E-state index contributed by atoms with van der Waals surface area (Å²) < 4.78 is 0. The molecular weight excluding hydrogens is 244 g/mol. The van der Waals surface area contributed by atoms with E-state index < -0.39 is 11.5 Å². The third-order valence-electron chi connectivity index (χ3n) is 4.36. The molecule has 108 valence electrons. The van der Waals surface area contributed by atoms with E-state index in [-0.39, 0.29) is 12.1 Å². The van der Waals surface area contributed by atoms with Gasteiger partial charge in [0, 0.05) is 6.04 Å². The van der Waals surface area contributed by atoms with E-state index in [0.717, 1.165) is 31.6 Å². The van der Waals surface area contributed by atoms with Gasteiger partial charge in [0.05, 0.1) is 0 Å². The van der Waals surface area contributed by atoms with Gasteiger partial charge < -0.3 is 15.7 Å². The van der Waals surface area contributed by atoms with Gasteiger partial charge in [-0.25, -0.2) is 9.59 Å². The number of carbonyl (C=O) groups excluding carboxylic acids is 1. The van der Waals surface area contributed by atoms with Crippen LogP contribution < -0.4 is 10.6 Å².